The first-order valence-corrected chi connectivity index (χ1v) is 7.93. The van der Waals surface area contributed by atoms with Crippen LogP contribution in [0.25, 0.3) is 0 Å². The maximum atomic E-state index is 14.2. The first kappa shape index (κ1) is 15.9. The molecule has 1 saturated heterocycles. The van der Waals surface area contributed by atoms with Crippen LogP contribution in [-0.2, 0) is 19.9 Å². The normalized spacial score (nSPS) is 33.0. The summed E-state index contributed by atoms with van der Waals surface area (Å²) >= 11 is 0. The zero-order valence-electron chi connectivity index (χ0n) is 13.0. The molecule has 0 bridgehead atoms. The van der Waals surface area contributed by atoms with Crippen molar-refractivity contribution >= 4 is 11.8 Å². The fourth-order valence-electron chi connectivity index (χ4n) is 3.72. The van der Waals surface area contributed by atoms with Crippen LogP contribution in [0.1, 0.15) is 38.2 Å². The van der Waals surface area contributed by atoms with Gasteiger partial charge in [-0.3, -0.25) is 9.59 Å². The summed E-state index contributed by atoms with van der Waals surface area (Å²) in [5, 5.41) is 2.96. The SMILES string of the molecule is CC1CC(NC(=O)[C@@H]2CC[C@H](C(N)=O)O2)(c2ccccc2F)C1. The second-order valence-corrected chi connectivity index (χ2v) is 6.66. The lowest BCUT2D eigenvalue weighted by atomic mass is 9.65. The molecule has 0 unspecified atom stereocenters. The van der Waals surface area contributed by atoms with Gasteiger partial charge in [0.05, 0.1) is 5.54 Å². The first-order valence-electron chi connectivity index (χ1n) is 7.93. The summed E-state index contributed by atoms with van der Waals surface area (Å²) in [7, 11) is 0. The summed E-state index contributed by atoms with van der Waals surface area (Å²) in [6.45, 7) is 2.07. The maximum absolute atomic E-state index is 14.2. The quantitative estimate of drug-likeness (QED) is 0.884. The molecule has 2 amide bonds. The first-order chi connectivity index (χ1) is 10.9. The molecule has 1 saturated carbocycles. The number of primary amides is 1. The van der Waals surface area contributed by atoms with Crippen molar-refractivity contribution in [3.63, 3.8) is 0 Å². The Hall–Kier alpha value is -1.95. The van der Waals surface area contributed by atoms with Crippen LogP contribution in [-0.4, -0.2) is 24.0 Å². The zero-order chi connectivity index (χ0) is 16.6. The Kier molecular flexibility index (Phi) is 4.10. The number of nitrogens with two attached hydrogens (primary N) is 1. The lowest BCUT2D eigenvalue weighted by molar-refractivity contribution is -0.140. The molecule has 124 valence electrons. The van der Waals surface area contributed by atoms with Crippen LogP contribution in [0.4, 0.5) is 4.39 Å². The number of carbonyl (C=O) groups is 2. The molecule has 2 fully saturated rings. The Morgan fingerprint density at radius 1 is 1.26 bits per heavy atom. The van der Waals surface area contributed by atoms with Gasteiger partial charge in [0, 0.05) is 5.56 Å². The van der Waals surface area contributed by atoms with Gasteiger partial charge in [-0.25, -0.2) is 4.39 Å². The van der Waals surface area contributed by atoms with Crippen molar-refractivity contribution in [1.29, 1.82) is 0 Å². The van der Waals surface area contributed by atoms with Crippen molar-refractivity contribution in [2.45, 2.75) is 50.4 Å². The minimum atomic E-state index is -0.713. The van der Waals surface area contributed by atoms with Crippen molar-refractivity contribution in [3.05, 3.63) is 35.6 Å². The highest BCUT2D eigenvalue weighted by molar-refractivity contribution is 5.84. The van der Waals surface area contributed by atoms with Gasteiger partial charge in [-0.1, -0.05) is 25.1 Å². The van der Waals surface area contributed by atoms with Crippen LogP contribution >= 0.6 is 0 Å². The summed E-state index contributed by atoms with van der Waals surface area (Å²) in [5.41, 5.74) is 5.03. The Bertz CT molecular complexity index is 628. The molecule has 1 aromatic rings. The lowest BCUT2D eigenvalue weighted by Crippen LogP contribution is -2.56. The second-order valence-electron chi connectivity index (χ2n) is 6.66. The smallest absolute Gasteiger partial charge is 0.249 e. The highest BCUT2D eigenvalue weighted by atomic mass is 19.1. The molecule has 0 aromatic heterocycles. The van der Waals surface area contributed by atoms with Gasteiger partial charge in [0.2, 0.25) is 11.8 Å². The van der Waals surface area contributed by atoms with Crippen LogP contribution in [0.15, 0.2) is 24.3 Å². The third-order valence-electron chi connectivity index (χ3n) is 4.78. The Labute approximate surface area is 134 Å². The minimum Gasteiger partial charge on any atom is -0.367 e. The molecule has 5 nitrogen and oxygen atoms in total. The third kappa shape index (κ3) is 2.95. The van der Waals surface area contributed by atoms with E-state index in [2.05, 4.69) is 12.2 Å². The number of carbonyl (C=O) groups excluding carboxylic acids is 2. The number of hydrogen-bond donors (Lipinski definition) is 2. The van der Waals surface area contributed by atoms with E-state index in [0.717, 1.165) is 0 Å². The molecule has 23 heavy (non-hydrogen) atoms. The Morgan fingerprint density at radius 2 is 1.91 bits per heavy atom. The van der Waals surface area contributed by atoms with E-state index in [1.54, 1.807) is 18.2 Å². The lowest BCUT2D eigenvalue weighted by Gasteiger charge is -2.48. The number of ether oxygens (including phenoxy) is 1. The number of rotatable bonds is 4. The predicted octanol–water partition coefficient (Wildman–Crippen LogP) is 1.60. The summed E-state index contributed by atoms with van der Waals surface area (Å²) < 4.78 is 19.6. The summed E-state index contributed by atoms with van der Waals surface area (Å²) in [5.74, 6) is -0.759. The molecular formula is C17H21FN2O3. The fourth-order valence-corrected chi connectivity index (χ4v) is 3.72. The molecule has 3 N–H and O–H groups in total. The van der Waals surface area contributed by atoms with E-state index < -0.39 is 23.7 Å². The van der Waals surface area contributed by atoms with Gasteiger partial charge in [0.25, 0.3) is 0 Å². The molecular weight excluding hydrogens is 299 g/mol. The molecule has 1 heterocycles. The van der Waals surface area contributed by atoms with Crippen LogP contribution in [0, 0.1) is 11.7 Å². The van der Waals surface area contributed by atoms with Gasteiger partial charge in [0.15, 0.2) is 0 Å². The summed E-state index contributed by atoms with van der Waals surface area (Å²) in [6.07, 6.45) is 0.846. The fraction of sp³-hybridized carbons (Fsp3) is 0.529. The van der Waals surface area contributed by atoms with E-state index in [1.807, 2.05) is 0 Å². The van der Waals surface area contributed by atoms with Gasteiger partial charge >= 0.3 is 0 Å². The van der Waals surface area contributed by atoms with Crippen LogP contribution in [0.3, 0.4) is 0 Å². The van der Waals surface area contributed by atoms with Crippen molar-refractivity contribution in [2.75, 3.05) is 0 Å². The highest BCUT2D eigenvalue weighted by Gasteiger charge is 2.47. The van der Waals surface area contributed by atoms with Gasteiger partial charge in [0.1, 0.15) is 18.0 Å². The number of hydrogen-bond acceptors (Lipinski definition) is 3. The maximum Gasteiger partial charge on any atom is 0.249 e. The monoisotopic (exact) mass is 320 g/mol. The Balaban J connectivity index is 1.75. The standard InChI is InChI=1S/C17H21FN2O3/c1-10-8-17(9-10,11-4-2-3-5-12(11)18)20-16(22)14-7-6-13(23-14)15(19)21/h2-5,10,13-14H,6-9H2,1H3,(H2,19,21)(H,20,22)/t10?,13-,14+,17?/m1/s1. The summed E-state index contributed by atoms with van der Waals surface area (Å²) in [4.78, 5) is 23.6. The molecule has 0 spiro atoms. The van der Waals surface area contributed by atoms with E-state index in [1.165, 1.54) is 6.07 Å². The largest absolute Gasteiger partial charge is 0.367 e. The molecule has 2 atom stereocenters. The minimum absolute atomic E-state index is 0.302. The molecule has 3 rings (SSSR count). The van der Waals surface area contributed by atoms with E-state index in [4.69, 9.17) is 10.5 Å². The second kappa shape index (κ2) is 5.92. The van der Waals surface area contributed by atoms with Gasteiger partial charge in [-0.05, 0) is 37.7 Å². The average Bonchev–Trinajstić information content (AvgIpc) is 2.96. The molecule has 2 aliphatic rings. The van der Waals surface area contributed by atoms with Gasteiger partial charge < -0.3 is 15.8 Å². The molecule has 1 aromatic carbocycles. The Morgan fingerprint density at radius 3 is 2.48 bits per heavy atom. The van der Waals surface area contributed by atoms with E-state index in [9.17, 15) is 14.0 Å². The van der Waals surface area contributed by atoms with Crippen LogP contribution in [0.5, 0.6) is 0 Å². The molecule has 1 aliphatic carbocycles. The van der Waals surface area contributed by atoms with E-state index >= 15 is 0 Å². The van der Waals surface area contributed by atoms with Crippen LogP contribution < -0.4 is 11.1 Å². The summed E-state index contributed by atoms with van der Waals surface area (Å²) in [6, 6.07) is 6.52. The van der Waals surface area contributed by atoms with E-state index in [-0.39, 0.29) is 11.7 Å². The van der Waals surface area contributed by atoms with E-state index in [0.29, 0.717) is 37.2 Å². The average molecular weight is 320 g/mol. The zero-order valence-corrected chi connectivity index (χ0v) is 13.0. The predicted molar refractivity (Wildman–Crippen MR) is 81.7 cm³/mol. The van der Waals surface area contributed by atoms with Gasteiger partial charge in [-0.15, -0.1) is 0 Å². The number of halogens is 1. The van der Waals surface area contributed by atoms with Crippen molar-refractivity contribution in [1.82, 2.24) is 5.32 Å². The van der Waals surface area contributed by atoms with Gasteiger partial charge in [-0.2, -0.15) is 0 Å². The number of nitrogens with one attached hydrogen (secondary N) is 1. The number of amides is 2. The third-order valence-corrected chi connectivity index (χ3v) is 4.78. The highest BCUT2D eigenvalue weighted by Crippen LogP contribution is 2.46. The van der Waals surface area contributed by atoms with Crippen molar-refractivity contribution in [3.8, 4) is 0 Å². The molecule has 0 radical (unpaired) electrons. The van der Waals surface area contributed by atoms with Crippen molar-refractivity contribution < 1.29 is 18.7 Å². The molecule has 6 heteroatoms. The van der Waals surface area contributed by atoms with Crippen LogP contribution in [0.2, 0.25) is 0 Å². The topological polar surface area (TPSA) is 81.4 Å². The van der Waals surface area contributed by atoms with Crippen molar-refractivity contribution in [2.24, 2.45) is 11.7 Å². The number of benzene rings is 1. The molecule has 1 aliphatic heterocycles.